The monoisotopic (exact) mass is 267 g/mol. The number of pyridine rings is 1. The van der Waals surface area contributed by atoms with Gasteiger partial charge in [0.25, 0.3) is 0 Å². The highest BCUT2D eigenvalue weighted by atomic mass is 15.2. The van der Waals surface area contributed by atoms with E-state index in [1.165, 1.54) is 5.56 Å². The third kappa shape index (κ3) is 2.18. The van der Waals surface area contributed by atoms with Crippen LogP contribution >= 0.6 is 0 Å². The van der Waals surface area contributed by atoms with Crippen LogP contribution in [0.25, 0.3) is 10.9 Å². The fourth-order valence-electron chi connectivity index (χ4n) is 2.35. The van der Waals surface area contributed by atoms with Gasteiger partial charge in [-0.05, 0) is 31.2 Å². The minimum Gasteiger partial charge on any atom is -0.398 e. The fraction of sp³-hybridized carbons (Fsp3) is 0.200. The Morgan fingerprint density at radius 2 is 2.15 bits per heavy atom. The molecule has 0 fully saturated rings. The molecule has 0 saturated carbocycles. The first-order chi connectivity index (χ1) is 9.65. The SMILES string of the molecule is Cc1nn(C)cc1CNc1ccc(N)c2cccnc12. The Kier molecular flexibility index (Phi) is 3.02. The van der Waals surface area contributed by atoms with Crippen LogP contribution < -0.4 is 11.1 Å². The molecule has 102 valence electrons. The number of hydrogen-bond donors (Lipinski definition) is 2. The van der Waals surface area contributed by atoms with Gasteiger partial charge < -0.3 is 11.1 Å². The van der Waals surface area contributed by atoms with Crippen molar-refractivity contribution in [2.45, 2.75) is 13.5 Å². The van der Waals surface area contributed by atoms with Crippen molar-refractivity contribution in [2.75, 3.05) is 11.1 Å². The molecule has 20 heavy (non-hydrogen) atoms. The van der Waals surface area contributed by atoms with E-state index in [9.17, 15) is 0 Å². The van der Waals surface area contributed by atoms with Gasteiger partial charge in [0.15, 0.2) is 0 Å². The van der Waals surface area contributed by atoms with E-state index in [0.29, 0.717) is 0 Å². The Labute approximate surface area is 117 Å². The molecule has 0 aliphatic rings. The van der Waals surface area contributed by atoms with Gasteiger partial charge >= 0.3 is 0 Å². The summed E-state index contributed by atoms with van der Waals surface area (Å²) in [6.07, 6.45) is 3.80. The van der Waals surface area contributed by atoms with Crippen LogP contribution in [0.2, 0.25) is 0 Å². The van der Waals surface area contributed by atoms with E-state index in [1.54, 1.807) is 6.20 Å². The Balaban J connectivity index is 1.92. The average molecular weight is 267 g/mol. The van der Waals surface area contributed by atoms with Gasteiger partial charge in [-0.3, -0.25) is 9.67 Å². The van der Waals surface area contributed by atoms with E-state index in [4.69, 9.17) is 5.73 Å². The smallest absolute Gasteiger partial charge is 0.0953 e. The lowest BCUT2D eigenvalue weighted by Crippen LogP contribution is -2.02. The second kappa shape index (κ2) is 4.85. The number of nitrogens with zero attached hydrogens (tertiary/aromatic N) is 3. The second-order valence-corrected chi connectivity index (χ2v) is 4.87. The summed E-state index contributed by atoms with van der Waals surface area (Å²) in [6, 6.07) is 7.75. The van der Waals surface area contributed by atoms with Gasteiger partial charge in [0.2, 0.25) is 0 Å². The summed E-state index contributed by atoms with van der Waals surface area (Å²) >= 11 is 0. The first-order valence-electron chi connectivity index (χ1n) is 6.51. The number of rotatable bonds is 3. The average Bonchev–Trinajstić information content (AvgIpc) is 2.77. The number of anilines is 2. The quantitative estimate of drug-likeness (QED) is 0.715. The Bertz CT molecular complexity index is 760. The molecule has 0 spiro atoms. The molecule has 5 heteroatoms. The number of hydrogen-bond acceptors (Lipinski definition) is 4. The van der Waals surface area contributed by atoms with E-state index in [-0.39, 0.29) is 0 Å². The molecule has 0 saturated heterocycles. The molecule has 0 unspecified atom stereocenters. The van der Waals surface area contributed by atoms with E-state index in [0.717, 1.165) is 34.5 Å². The lowest BCUT2D eigenvalue weighted by atomic mass is 10.1. The number of nitrogen functional groups attached to an aromatic ring is 1. The number of nitrogens with two attached hydrogens (primary N) is 1. The summed E-state index contributed by atoms with van der Waals surface area (Å²) in [7, 11) is 1.93. The predicted octanol–water partition coefficient (Wildman–Crippen LogP) is 2.47. The third-order valence-electron chi connectivity index (χ3n) is 3.39. The van der Waals surface area contributed by atoms with Crippen LogP contribution in [0.3, 0.4) is 0 Å². The molecular formula is C15H17N5. The third-order valence-corrected chi connectivity index (χ3v) is 3.39. The molecule has 0 aliphatic heterocycles. The standard InChI is InChI=1S/C15H17N5/c1-10-11(9-20(2)19-10)8-18-14-6-5-13(16)12-4-3-7-17-15(12)14/h3-7,9,18H,8,16H2,1-2H3. The topological polar surface area (TPSA) is 68.8 Å². The number of benzene rings is 1. The van der Waals surface area contributed by atoms with Crippen molar-refractivity contribution >= 4 is 22.3 Å². The van der Waals surface area contributed by atoms with Crippen molar-refractivity contribution in [3.63, 3.8) is 0 Å². The van der Waals surface area contributed by atoms with Gasteiger partial charge in [0, 0.05) is 42.6 Å². The summed E-state index contributed by atoms with van der Waals surface area (Å²) in [4.78, 5) is 4.42. The fourth-order valence-corrected chi connectivity index (χ4v) is 2.35. The first-order valence-corrected chi connectivity index (χ1v) is 6.51. The van der Waals surface area contributed by atoms with Crippen LogP contribution in [0.4, 0.5) is 11.4 Å². The van der Waals surface area contributed by atoms with Crippen LogP contribution in [0.5, 0.6) is 0 Å². The van der Waals surface area contributed by atoms with Crippen molar-refractivity contribution in [1.29, 1.82) is 0 Å². The number of nitrogens with one attached hydrogen (secondary N) is 1. The summed E-state index contributed by atoms with van der Waals surface area (Å²) in [5.74, 6) is 0. The van der Waals surface area contributed by atoms with E-state index in [1.807, 2.05) is 49.1 Å². The second-order valence-electron chi connectivity index (χ2n) is 4.87. The zero-order valence-corrected chi connectivity index (χ0v) is 11.6. The Morgan fingerprint density at radius 1 is 1.30 bits per heavy atom. The minimum atomic E-state index is 0.718. The van der Waals surface area contributed by atoms with Crippen LogP contribution in [0.15, 0.2) is 36.7 Å². The highest BCUT2D eigenvalue weighted by molar-refractivity contribution is 5.98. The van der Waals surface area contributed by atoms with E-state index in [2.05, 4.69) is 15.4 Å². The summed E-state index contributed by atoms with van der Waals surface area (Å²) in [6.45, 7) is 2.73. The molecule has 3 rings (SSSR count). The van der Waals surface area contributed by atoms with E-state index >= 15 is 0 Å². The molecule has 0 atom stereocenters. The summed E-state index contributed by atoms with van der Waals surface area (Å²) in [5, 5.41) is 8.73. The molecule has 2 heterocycles. The van der Waals surface area contributed by atoms with Gasteiger partial charge in [0.1, 0.15) is 0 Å². The van der Waals surface area contributed by atoms with Crippen LogP contribution in [-0.2, 0) is 13.6 Å². The van der Waals surface area contributed by atoms with Crippen molar-refractivity contribution in [3.8, 4) is 0 Å². The number of fused-ring (bicyclic) bond motifs is 1. The maximum absolute atomic E-state index is 5.98. The maximum Gasteiger partial charge on any atom is 0.0953 e. The van der Waals surface area contributed by atoms with Crippen molar-refractivity contribution in [3.05, 3.63) is 47.9 Å². The molecular weight excluding hydrogens is 250 g/mol. The molecule has 0 amide bonds. The molecule has 3 N–H and O–H groups in total. The summed E-state index contributed by atoms with van der Waals surface area (Å²) in [5.41, 5.74) is 10.8. The highest BCUT2D eigenvalue weighted by Gasteiger charge is 2.07. The van der Waals surface area contributed by atoms with Gasteiger partial charge in [-0.15, -0.1) is 0 Å². The lowest BCUT2D eigenvalue weighted by Gasteiger charge is -2.10. The molecule has 3 aromatic rings. The zero-order valence-electron chi connectivity index (χ0n) is 11.6. The van der Waals surface area contributed by atoms with Gasteiger partial charge in [-0.1, -0.05) is 0 Å². The Morgan fingerprint density at radius 3 is 2.90 bits per heavy atom. The van der Waals surface area contributed by atoms with Crippen LogP contribution in [0, 0.1) is 6.92 Å². The predicted molar refractivity (Wildman–Crippen MR) is 81.4 cm³/mol. The van der Waals surface area contributed by atoms with Crippen molar-refractivity contribution in [1.82, 2.24) is 14.8 Å². The normalized spacial score (nSPS) is 10.9. The van der Waals surface area contributed by atoms with Gasteiger partial charge in [-0.2, -0.15) is 5.10 Å². The molecule has 1 aromatic carbocycles. The number of aryl methyl sites for hydroxylation is 2. The van der Waals surface area contributed by atoms with Gasteiger partial charge in [0.05, 0.1) is 16.9 Å². The highest BCUT2D eigenvalue weighted by Crippen LogP contribution is 2.26. The molecule has 5 nitrogen and oxygen atoms in total. The molecule has 0 aliphatic carbocycles. The molecule has 0 bridgehead atoms. The number of aromatic nitrogens is 3. The van der Waals surface area contributed by atoms with Gasteiger partial charge in [-0.25, -0.2) is 0 Å². The Hall–Kier alpha value is -2.56. The van der Waals surface area contributed by atoms with Crippen molar-refractivity contribution < 1.29 is 0 Å². The van der Waals surface area contributed by atoms with Crippen molar-refractivity contribution in [2.24, 2.45) is 7.05 Å². The molecule has 2 aromatic heterocycles. The maximum atomic E-state index is 5.98. The van der Waals surface area contributed by atoms with Crippen LogP contribution in [-0.4, -0.2) is 14.8 Å². The molecule has 0 radical (unpaired) electrons. The van der Waals surface area contributed by atoms with E-state index < -0.39 is 0 Å². The zero-order chi connectivity index (χ0) is 14.1. The largest absolute Gasteiger partial charge is 0.398 e. The van der Waals surface area contributed by atoms with Crippen LogP contribution in [0.1, 0.15) is 11.3 Å². The lowest BCUT2D eigenvalue weighted by molar-refractivity contribution is 0.756. The summed E-state index contributed by atoms with van der Waals surface area (Å²) < 4.78 is 1.83. The first kappa shape index (κ1) is 12.5. The minimum absolute atomic E-state index is 0.718.